The molecule has 8 nitrogen and oxygen atoms in total. The van der Waals surface area contributed by atoms with Gasteiger partial charge >= 0.3 is 0 Å². The minimum atomic E-state index is 0.650. The van der Waals surface area contributed by atoms with E-state index in [4.69, 9.17) is 19.4 Å². The quantitative estimate of drug-likeness (QED) is 0.649. The fraction of sp³-hybridized carbons (Fsp3) is 0.591. The molecule has 6 rings (SSSR count). The zero-order valence-electron chi connectivity index (χ0n) is 17.7. The van der Waals surface area contributed by atoms with E-state index >= 15 is 0 Å². The Labute approximate surface area is 185 Å². The molecule has 0 saturated carbocycles. The summed E-state index contributed by atoms with van der Waals surface area (Å²) >= 11 is 1.72. The van der Waals surface area contributed by atoms with Crippen LogP contribution >= 0.6 is 11.3 Å². The van der Waals surface area contributed by atoms with Gasteiger partial charge in [0.05, 0.1) is 36.6 Å². The van der Waals surface area contributed by atoms with Crippen LogP contribution in [0.5, 0.6) is 0 Å². The van der Waals surface area contributed by atoms with Crippen LogP contribution in [0.4, 0.5) is 11.6 Å². The SMILES string of the molecule is c1nc(NCCN2CCOCC2)c2sc3nc(N4CCCC4)c4c(c3c2n1)CCOC4. The number of ether oxygens (including phenoxy) is 2. The van der Waals surface area contributed by atoms with Crippen molar-refractivity contribution < 1.29 is 9.47 Å². The Morgan fingerprint density at radius 3 is 2.74 bits per heavy atom. The molecule has 2 saturated heterocycles. The van der Waals surface area contributed by atoms with Crippen molar-refractivity contribution >= 4 is 43.4 Å². The van der Waals surface area contributed by atoms with E-state index in [9.17, 15) is 0 Å². The molecule has 0 atom stereocenters. The average molecular weight is 441 g/mol. The predicted octanol–water partition coefficient (Wildman–Crippen LogP) is 2.66. The van der Waals surface area contributed by atoms with Crippen LogP contribution < -0.4 is 10.2 Å². The first-order chi connectivity index (χ1) is 15.4. The molecule has 0 aliphatic carbocycles. The number of nitrogens with zero attached hydrogens (tertiary/aromatic N) is 5. The van der Waals surface area contributed by atoms with Crippen molar-refractivity contribution in [2.24, 2.45) is 0 Å². The molecule has 6 heterocycles. The zero-order chi connectivity index (χ0) is 20.6. The highest BCUT2D eigenvalue weighted by Crippen LogP contribution is 2.42. The lowest BCUT2D eigenvalue weighted by atomic mass is 10.00. The van der Waals surface area contributed by atoms with Gasteiger partial charge in [-0.3, -0.25) is 4.90 Å². The molecule has 0 unspecified atom stereocenters. The lowest BCUT2D eigenvalue weighted by Gasteiger charge is -2.26. The molecule has 0 radical (unpaired) electrons. The van der Waals surface area contributed by atoms with Gasteiger partial charge in [-0.05, 0) is 24.8 Å². The summed E-state index contributed by atoms with van der Waals surface area (Å²) in [4.78, 5) is 20.4. The van der Waals surface area contributed by atoms with Crippen molar-refractivity contribution in [3.63, 3.8) is 0 Å². The molecule has 3 aromatic heterocycles. The third kappa shape index (κ3) is 3.63. The largest absolute Gasteiger partial charge is 0.379 e. The van der Waals surface area contributed by atoms with E-state index in [1.807, 2.05) is 0 Å². The number of rotatable bonds is 5. The predicted molar refractivity (Wildman–Crippen MR) is 123 cm³/mol. The maximum atomic E-state index is 5.85. The molecule has 164 valence electrons. The number of hydrogen-bond donors (Lipinski definition) is 1. The average Bonchev–Trinajstić information content (AvgIpc) is 3.48. The molecule has 3 aliphatic heterocycles. The monoisotopic (exact) mass is 440 g/mol. The maximum absolute atomic E-state index is 5.85. The summed E-state index contributed by atoms with van der Waals surface area (Å²) in [5, 5.41) is 4.77. The molecule has 9 heteroatoms. The first-order valence-corrected chi connectivity index (χ1v) is 12.2. The van der Waals surface area contributed by atoms with Gasteiger partial charge in [0.15, 0.2) is 0 Å². The van der Waals surface area contributed by atoms with Gasteiger partial charge in [0.1, 0.15) is 22.8 Å². The number of pyridine rings is 1. The third-order valence-electron chi connectivity index (χ3n) is 6.57. The summed E-state index contributed by atoms with van der Waals surface area (Å²) in [6.45, 7) is 9.09. The van der Waals surface area contributed by atoms with Crippen molar-refractivity contribution in [2.45, 2.75) is 25.9 Å². The lowest BCUT2D eigenvalue weighted by molar-refractivity contribution is 0.0398. The molecule has 0 spiro atoms. The topological polar surface area (TPSA) is 75.6 Å². The maximum Gasteiger partial charge on any atom is 0.147 e. The van der Waals surface area contributed by atoms with E-state index in [-0.39, 0.29) is 0 Å². The van der Waals surface area contributed by atoms with Gasteiger partial charge in [0, 0.05) is 50.2 Å². The molecule has 31 heavy (non-hydrogen) atoms. The van der Waals surface area contributed by atoms with Crippen molar-refractivity contribution in [2.75, 3.05) is 69.3 Å². The molecule has 2 fully saturated rings. The first-order valence-electron chi connectivity index (χ1n) is 11.3. The van der Waals surface area contributed by atoms with Crippen molar-refractivity contribution in [3.8, 4) is 0 Å². The van der Waals surface area contributed by atoms with E-state index < -0.39 is 0 Å². The van der Waals surface area contributed by atoms with Gasteiger partial charge in [0.25, 0.3) is 0 Å². The van der Waals surface area contributed by atoms with Crippen LogP contribution in [0, 0.1) is 0 Å². The van der Waals surface area contributed by atoms with Gasteiger partial charge in [-0.15, -0.1) is 11.3 Å². The number of nitrogens with one attached hydrogen (secondary N) is 1. The van der Waals surface area contributed by atoms with Crippen molar-refractivity contribution in [1.29, 1.82) is 0 Å². The highest BCUT2D eigenvalue weighted by Gasteiger charge is 2.27. The van der Waals surface area contributed by atoms with Crippen LogP contribution in [-0.4, -0.2) is 78.9 Å². The van der Waals surface area contributed by atoms with Gasteiger partial charge in [-0.1, -0.05) is 0 Å². The van der Waals surface area contributed by atoms with E-state index in [1.165, 1.54) is 29.4 Å². The second kappa shape index (κ2) is 8.46. The summed E-state index contributed by atoms with van der Waals surface area (Å²) in [6, 6.07) is 0. The van der Waals surface area contributed by atoms with E-state index in [0.29, 0.717) is 6.61 Å². The summed E-state index contributed by atoms with van der Waals surface area (Å²) in [7, 11) is 0. The van der Waals surface area contributed by atoms with Crippen molar-refractivity contribution in [3.05, 3.63) is 17.5 Å². The Morgan fingerprint density at radius 2 is 1.87 bits per heavy atom. The molecule has 1 N–H and O–H groups in total. The molecular formula is C22H28N6O2S. The van der Waals surface area contributed by atoms with Crippen LogP contribution in [0.15, 0.2) is 6.33 Å². The second-order valence-electron chi connectivity index (χ2n) is 8.45. The highest BCUT2D eigenvalue weighted by molar-refractivity contribution is 7.26. The normalized spacial score (nSPS) is 19.9. The smallest absolute Gasteiger partial charge is 0.147 e. The van der Waals surface area contributed by atoms with Crippen LogP contribution in [0.3, 0.4) is 0 Å². The van der Waals surface area contributed by atoms with Gasteiger partial charge in [-0.2, -0.15) is 0 Å². The molecular weight excluding hydrogens is 412 g/mol. The number of thiophene rings is 1. The number of hydrogen-bond acceptors (Lipinski definition) is 9. The molecule has 0 amide bonds. The van der Waals surface area contributed by atoms with Crippen LogP contribution in [-0.2, 0) is 22.5 Å². The lowest BCUT2D eigenvalue weighted by Crippen LogP contribution is -2.39. The van der Waals surface area contributed by atoms with Gasteiger partial charge in [0.2, 0.25) is 0 Å². The Bertz CT molecular complexity index is 1090. The number of aromatic nitrogens is 3. The first kappa shape index (κ1) is 19.6. The second-order valence-corrected chi connectivity index (χ2v) is 9.45. The Kier molecular flexibility index (Phi) is 5.35. The molecule has 0 bridgehead atoms. The van der Waals surface area contributed by atoms with E-state index in [2.05, 4.69) is 20.1 Å². The highest BCUT2D eigenvalue weighted by atomic mass is 32.1. The third-order valence-corrected chi connectivity index (χ3v) is 7.65. The van der Waals surface area contributed by atoms with Gasteiger partial charge in [-0.25, -0.2) is 15.0 Å². The molecule has 0 aromatic carbocycles. The fourth-order valence-corrected chi connectivity index (χ4v) is 6.07. The summed E-state index contributed by atoms with van der Waals surface area (Å²) in [5.74, 6) is 2.05. The minimum absolute atomic E-state index is 0.650. The fourth-order valence-electron chi connectivity index (χ4n) is 4.95. The Hall–Kier alpha value is -2.07. The zero-order valence-corrected chi connectivity index (χ0v) is 18.5. The van der Waals surface area contributed by atoms with Crippen molar-refractivity contribution in [1.82, 2.24) is 19.9 Å². The Balaban J connectivity index is 1.37. The summed E-state index contributed by atoms with van der Waals surface area (Å²) < 4.78 is 12.4. The summed E-state index contributed by atoms with van der Waals surface area (Å²) in [5.41, 5.74) is 3.67. The number of morpholine rings is 1. The standard InChI is InChI=1S/C22H28N6O2S/c1-2-6-28(5-1)21-16-13-30-10-3-15(16)17-18-19(31-22(17)26-21)20(25-14-24-18)23-4-7-27-8-11-29-12-9-27/h14H,1-13H2,(H,23,24,25). The van der Waals surface area contributed by atoms with Crippen LogP contribution in [0.1, 0.15) is 24.0 Å². The molecule has 3 aliphatic rings. The van der Waals surface area contributed by atoms with E-state index in [1.54, 1.807) is 17.7 Å². The minimum Gasteiger partial charge on any atom is -0.379 e. The van der Waals surface area contributed by atoms with Crippen LogP contribution in [0.25, 0.3) is 20.4 Å². The number of fused-ring (bicyclic) bond motifs is 5. The summed E-state index contributed by atoms with van der Waals surface area (Å²) in [6.07, 6.45) is 5.09. The van der Waals surface area contributed by atoms with E-state index in [0.717, 1.165) is 92.2 Å². The Morgan fingerprint density at radius 1 is 1.00 bits per heavy atom. The molecule has 3 aromatic rings. The number of anilines is 2. The van der Waals surface area contributed by atoms with Gasteiger partial charge < -0.3 is 19.7 Å². The van der Waals surface area contributed by atoms with Crippen LogP contribution in [0.2, 0.25) is 0 Å².